The highest BCUT2D eigenvalue weighted by Crippen LogP contribution is 2.39. The van der Waals surface area contributed by atoms with Crippen LogP contribution in [0.4, 0.5) is 0 Å². The number of aromatic nitrogens is 2. The van der Waals surface area contributed by atoms with Crippen molar-refractivity contribution >= 4 is 35.0 Å². The van der Waals surface area contributed by atoms with Gasteiger partial charge in [-0.1, -0.05) is 27.7 Å². The highest BCUT2D eigenvalue weighted by molar-refractivity contribution is 6.00. The first-order valence-electron chi connectivity index (χ1n) is 21.2. The molecule has 0 aliphatic carbocycles. The molecule has 3 aliphatic rings. The van der Waals surface area contributed by atoms with Crippen LogP contribution in [0, 0.1) is 30.6 Å². The number of carbonyl (C=O) groups excluding carboxylic acids is 4. The maximum atomic E-state index is 14.8. The number of nitrogens with one attached hydrogen (secondary N) is 1. The lowest BCUT2D eigenvalue weighted by atomic mass is 9.73. The Morgan fingerprint density at radius 3 is 2.38 bits per heavy atom. The van der Waals surface area contributed by atoms with Gasteiger partial charge in [0.2, 0.25) is 0 Å². The van der Waals surface area contributed by atoms with Gasteiger partial charge in [0.25, 0.3) is 6.47 Å². The van der Waals surface area contributed by atoms with Crippen LogP contribution in [-0.4, -0.2) is 148 Å². The standard InChI is InChI=1S/C44H67N5O11/c1-13-33-44(9,57-22-50)39(47-29-19-49(20-29)21-30-34-31(15-14-16-45-34)46-28(7)37(30)53)25(4)35(51)23(2)18-43(8,56-12)40(26(5)36(52)27(6)41(55)59-33)60-42-38(54)32(48(10)11)17-24(3)58-42/h14-16,22-27,29,32-33,38-40,42,47,53-54H,13,17-21H2,1-12H3/t23-,24-,25+,26+,27-,32+,33-,38-,39+,40-,42+,43-,44-/m1/s1. The molecular formula is C44H67N5O11. The van der Waals surface area contributed by atoms with Crippen molar-refractivity contribution in [3.8, 4) is 5.75 Å². The summed E-state index contributed by atoms with van der Waals surface area (Å²) in [6.45, 7) is 17.3. The van der Waals surface area contributed by atoms with Crippen molar-refractivity contribution < 1.29 is 53.1 Å². The molecular weight excluding hydrogens is 775 g/mol. The molecule has 13 atom stereocenters. The number of carbonyl (C=O) groups is 4. The Hall–Kier alpha value is -3.64. The lowest BCUT2D eigenvalue weighted by Gasteiger charge is -2.49. The SMILES string of the molecule is CC[C@H]1OC(=O)[C@H](C)C(=O)[C@H](C)[C@@H](O[C@@H]2O[C@H](C)C[C@H](N(C)C)[C@H]2O)[C@](C)(OC)C[C@@H](C)C(=O)[C@H](C)[C@H](NC2CN(Cc3c(O)c(C)nc4cccnc34)C2)[C@]1(C)OC=O. The van der Waals surface area contributed by atoms with E-state index in [9.17, 15) is 29.4 Å². The summed E-state index contributed by atoms with van der Waals surface area (Å²) >= 11 is 0. The molecule has 334 valence electrons. The fourth-order valence-corrected chi connectivity index (χ4v) is 9.71. The number of fused-ring (bicyclic) bond motifs is 1. The number of hydrogen-bond acceptors (Lipinski definition) is 16. The van der Waals surface area contributed by atoms with Crippen LogP contribution in [0.5, 0.6) is 5.75 Å². The molecule has 0 radical (unpaired) electrons. The first-order chi connectivity index (χ1) is 28.2. The molecule has 0 saturated carbocycles. The smallest absolute Gasteiger partial charge is 0.316 e. The summed E-state index contributed by atoms with van der Waals surface area (Å²) in [7, 11) is 5.21. The number of likely N-dealkylation sites (tertiary alicyclic amines) is 1. The van der Waals surface area contributed by atoms with E-state index in [1.165, 1.54) is 14.0 Å². The summed E-state index contributed by atoms with van der Waals surface area (Å²) in [5, 5.41) is 26.1. The molecule has 60 heavy (non-hydrogen) atoms. The van der Waals surface area contributed by atoms with Crippen molar-refractivity contribution in [2.45, 2.75) is 148 Å². The number of likely N-dealkylation sites (N-methyl/N-ethyl adjacent to an activating group) is 1. The minimum atomic E-state index is -1.55. The van der Waals surface area contributed by atoms with E-state index in [-0.39, 0.29) is 42.6 Å². The van der Waals surface area contributed by atoms with Gasteiger partial charge < -0.3 is 44.1 Å². The van der Waals surface area contributed by atoms with Crippen molar-refractivity contribution in [2.75, 3.05) is 34.3 Å². The summed E-state index contributed by atoms with van der Waals surface area (Å²) in [4.78, 5) is 68.5. The second-order valence-corrected chi connectivity index (χ2v) is 18.0. The van der Waals surface area contributed by atoms with Gasteiger partial charge in [0.15, 0.2) is 17.7 Å². The van der Waals surface area contributed by atoms with Gasteiger partial charge >= 0.3 is 5.97 Å². The predicted molar refractivity (Wildman–Crippen MR) is 222 cm³/mol. The Balaban J connectivity index is 1.48. The number of Topliss-reactive ketones (excluding diaryl/α,β-unsaturated/α-hetero) is 2. The van der Waals surface area contributed by atoms with Gasteiger partial charge in [0, 0.05) is 68.3 Å². The monoisotopic (exact) mass is 841 g/mol. The largest absolute Gasteiger partial charge is 0.506 e. The molecule has 16 heteroatoms. The van der Waals surface area contributed by atoms with Crippen LogP contribution in [0.3, 0.4) is 0 Å². The zero-order chi connectivity index (χ0) is 44.4. The Morgan fingerprint density at radius 2 is 1.77 bits per heavy atom. The van der Waals surface area contributed by atoms with Crippen molar-refractivity contribution in [2.24, 2.45) is 23.7 Å². The zero-order valence-electron chi connectivity index (χ0n) is 37.3. The number of ether oxygens (including phenoxy) is 5. The molecule has 2 aromatic rings. The maximum absolute atomic E-state index is 14.8. The number of aryl methyl sites for hydroxylation is 1. The van der Waals surface area contributed by atoms with Crippen LogP contribution in [0.1, 0.15) is 85.9 Å². The average Bonchev–Trinajstić information content (AvgIpc) is 3.19. The number of rotatable bonds is 11. The molecule has 0 amide bonds. The van der Waals surface area contributed by atoms with Gasteiger partial charge in [-0.3, -0.25) is 29.1 Å². The summed E-state index contributed by atoms with van der Waals surface area (Å²) < 4.78 is 31.0. The maximum Gasteiger partial charge on any atom is 0.316 e. The topological polar surface area (TPSA) is 199 Å². The first kappa shape index (κ1) is 47.4. The van der Waals surface area contributed by atoms with E-state index < -0.39 is 77.3 Å². The van der Waals surface area contributed by atoms with Gasteiger partial charge in [-0.2, -0.15) is 0 Å². The molecule has 3 saturated heterocycles. The van der Waals surface area contributed by atoms with Crippen LogP contribution in [0.25, 0.3) is 11.0 Å². The van der Waals surface area contributed by atoms with E-state index in [0.29, 0.717) is 54.8 Å². The van der Waals surface area contributed by atoms with E-state index >= 15 is 0 Å². The summed E-state index contributed by atoms with van der Waals surface area (Å²) in [6, 6.07) is 2.31. The van der Waals surface area contributed by atoms with Gasteiger partial charge in [0.1, 0.15) is 29.7 Å². The minimum Gasteiger partial charge on any atom is -0.506 e. The van der Waals surface area contributed by atoms with E-state index in [1.807, 2.05) is 32.0 Å². The number of methoxy groups -OCH3 is 1. The van der Waals surface area contributed by atoms with E-state index in [2.05, 4.69) is 20.2 Å². The summed E-state index contributed by atoms with van der Waals surface area (Å²) in [6.07, 6.45) is -2.07. The fourth-order valence-electron chi connectivity index (χ4n) is 9.71. The second kappa shape index (κ2) is 19.2. The Kier molecular flexibility index (Phi) is 15.2. The quantitative estimate of drug-likeness (QED) is 0.169. The number of ketones is 2. The zero-order valence-corrected chi connectivity index (χ0v) is 37.3. The minimum absolute atomic E-state index is 0.0870. The molecule has 16 nitrogen and oxygen atoms in total. The Bertz CT molecular complexity index is 1860. The summed E-state index contributed by atoms with van der Waals surface area (Å²) in [5.74, 6) is -5.12. The first-order valence-corrected chi connectivity index (χ1v) is 21.2. The van der Waals surface area contributed by atoms with Gasteiger partial charge in [-0.25, -0.2) is 4.98 Å². The predicted octanol–water partition coefficient (Wildman–Crippen LogP) is 3.34. The highest BCUT2D eigenvalue weighted by atomic mass is 16.7. The van der Waals surface area contributed by atoms with E-state index in [0.717, 1.165) is 0 Å². The van der Waals surface area contributed by atoms with Crippen LogP contribution in [0.2, 0.25) is 0 Å². The normalized spacial score (nSPS) is 36.8. The van der Waals surface area contributed by atoms with Crippen molar-refractivity contribution in [1.82, 2.24) is 25.1 Å². The molecule has 5 rings (SSSR count). The van der Waals surface area contributed by atoms with Crippen LogP contribution < -0.4 is 5.32 Å². The van der Waals surface area contributed by atoms with Crippen LogP contribution in [0.15, 0.2) is 18.3 Å². The molecule has 0 aromatic carbocycles. The van der Waals surface area contributed by atoms with E-state index in [1.54, 1.807) is 60.7 Å². The third-order valence-corrected chi connectivity index (χ3v) is 13.4. The molecule has 0 spiro atoms. The van der Waals surface area contributed by atoms with Crippen molar-refractivity contribution in [3.63, 3.8) is 0 Å². The third-order valence-electron chi connectivity index (χ3n) is 13.4. The van der Waals surface area contributed by atoms with Crippen LogP contribution >= 0.6 is 0 Å². The lowest BCUT2D eigenvalue weighted by Crippen LogP contribution is -2.69. The number of aliphatic hydroxyl groups is 1. The number of pyridine rings is 2. The third kappa shape index (κ3) is 9.54. The number of nitrogens with zero attached hydrogens (tertiary/aromatic N) is 4. The number of aliphatic hydroxyl groups excluding tert-OH is 1. The number of cyclic esters (lactones) is 1. The Labute approximate surface area is 354 Å². The average molecular weight is 842 g/mol. The fraction of sp³-hybridized carbons (Fsp3) is 0.727. The molecule has 0 unspecified atom stereocenters. The highest BCUT2D eigenvalue weighted by Gasteiger charge is 2.54. The van der Waals surface area contributed by atoms with Crippen molar-refractivity contribution in [3.05, 3.63) is 29.6 Å². The van der Waals surface area contributed by atoms with Gasteiger partial charge in [-0.15, -0.1) is 0 Å². The van der Waals surface area contributed by atoms with Gasteiger partial charge in [0.05, 0.1) is 40.6 Å². The number of aromatic hydroxyl groups is 1. The van der Waals surface area contributed by atoms with Crippen LogP contribution in [-0.2, 0) is 49.4 Å². The molecule has 5 heterocycles. The number of esters is 1. The molecule has 3 N–H and O–H groups in total. The molecule has 0 bridgehead atoms. The Morgan fingerprint density at radius 1 is 1.08 bits per heavy atom. The molecule has 3 aliphatic heterocycles. The summed E-state index contributed by atoms with van der Waals surface area (Å²) in [5.41, 5.74) is -0.382. The number of hydrogen-bond donors (Lipinski definition) is 3. The second-order valence-electron chi connectivity index (χ2n) is 18.0. The van der Waals surface area contributed by atoms with E-state index in [4.69, 9.17) is 23.7 Å². The molecule has 3 fully saturated rings. The van der Waals surface area contributed by atoms with Gasteiger partial charge in [-0.05, 0) is 80.1 Å². The molecule has 2 aromatic heterocycles. The lowest BCUT2D eigenvalue weighted by molar-refractivity contribution is -0.295. The van der Waals surface area contributed by atoms with Crippen molar-refractivity contribution in [1.29, 1.82) is 0 Å².